The number of alkyl halides is 2. The van der Waals surface area contributed by atoms with Crippen LogP contribution in [0.4, 0.5) is 8.78 Å². The summed E-state index contributed by atoms with van der Waals surface area (Å²) >= 11 is 1.18. The predicted molar refractivity (Wildman–Crippen MR) is 48.0 cm³/mol. The first-order valence-electron chi connectivity index (χ1n) is 3.77. The van der Waals surface area contributed by atoms with Crippen LogP contribution in [0.25, 0.3) is 0 Å². The first-order chi connectivity index (χ1) is 5.99. The second kappa shape index (κ2) is 3.69. The lowest BCUT2D eigenvalue weighted by Gasteiger charge is -2.20. The number of nitrogens with two attached hydrogens (primary N) is 1. The third-order valence-corrected chi connectivity index (χ3v) is 2.95. The Balaban J connectivity index is 2.91. The third kappa shape index (κ3) is 2.04. The first kappa shape index (κ1) is 10.6. The number of rotatable bonds is 3. The molecule has 0 amide bonds. The Morgan fingerprint density at radius 1 is 1.69 bits per heavy atom. The third-order valence-electron chi connectivity index (χ3n) is 1.85. The normalized spacial score (nSPS) is 14.5. The van der Waals surface area contributed by atoms with E-state index in [-0.39, 0.29) is 0 Å². The van der Waals surface area contributed by atoms with Crippen molar-refractivity contribution in [3.8, 4) is 0 Å². The molecule has 1 atom stereocenters. The van der Waals surface area contributed by atoms with Crippen LogP contribution in [0.2, 0.25) is 0 Å². The van der Waals surface area contributed by atoms with Gasteiger partial charge in [-0.25, -0.2) is 8.78 Å². The van der Waals surface area contributed by atoms with Crippen molar-refractivity contribution in [2.75, 3.05) is 6.61 Å². The molecule has 3 N–H and O–H groups in total. The summed E-state index contributed by atoms with van der Waals surface area (Å²) in [6.07, 6.45) is 0. The molecular weight excluding hydrogens is 196 g/mol. The lowest BCUT2D eigenvalue weighted by Crippen LogP contribution is -2.36. The van der Waals surface area contributed by atoms with Crippen molar-refractivity contribution < 1.29 is 13.9 Å². The highest BCUT2D eigenvalue weighted by Gasteiger charge is 2.38. The number of thiophene rings is 1. The lowest BCUT2D eigenvalue weighted by molar-refractivity contribution is -0.0704. The van der Waals surface area contributed by atoms with Crippen LogP contribution in [0, 0.1) is 6.92 Å². The van der Waals surface area contributed by atoms with Crippen molar-refractivity contribution in [1.82, 2.24) is 0 Å². The van der Waals surface area contributed by atoms with Gasteiger partial charge in [0.25, 0.3) is 5.92 Å². The number of hydrogen-bond donors (Lipinski definition) is 2. The number of aliphatic hydroxyl groups excluding tert-OH is 1. The van der Waals surface area contributed by atoms with Gasteiger partial charge in [0, 0.05) is 4.88 Å². The van der Waals surface area contributed by atoms with Crippen LogP contribution < -0.4 is 5.73 Å². The zero-order valence-electron chi connectivity index (χ0n) is 7.13. The molecule has 0 fully saturated rings. The minimum Gasteiger partial charge on any atom is -0.390 e. The molecule has 74 valence electrons. The summed E-state index contributed by atoms with van der Waals surface area (Å²) in [4.78, 5) is 0.430. The van der Waals surface area contributed by atoms with Gasteiger partial charge in [0.05, 0.1) is 0 Å². The fourth-order valence-corrected chi connectivity index (χ4v) is 1.98. The predicted octanol–water partition coefficient (Wildman–Crippen LogP) is 1.68. The van der Waals surface area contributed by atoms with Crippen molar-refractivity contribution in [2.45, 2.75) is 18.9 Å². The summed E-state index contributed by atoms with van der Waals surface area (Å²) in [6.45, 7) is 0.505. The van der Waals surface area contributed by atoms with Gasteiger partial charge in [-0.1, -0.05) is 0 Å². The van der Waals surface area contributed by atoms with Crippen molar-refractivity contribution in [2.24, 2.45) is 5.73 Å². The Kier molecular flexibility index (Phi) is 3.00. The second-order valence-electron chi connectivity index (χ2n) is 2.86. The van der Waals surface area contributed by atoms with Crippen LogP contribution >= 0.6 is 11.3 Å². The Morgan fingerprint density at radius 2 is 2.31 bits per heavy atom. The number of aryl methyl sites for hydroxylation is 1. The minimum absolute atomic E-state index is 0.430. The lowest BCUT2D eigenvalue weighted by atomic mass is 10.1. The zero-order chi connectivity index (χ0) is 10.1. The van der Waals surface area contributed by atoms with E-state index in [4.69, 9.17) is 10.8 Å². The summed E-state index contributed by atoms with van der Waals surface area (Å²) in [6, 6.07) is 0.324. The molecule has 0 aromatic carbocycles. The van der Waals surface area contributed by atoms with E-state index in [0.29, 0.717) is 4.88 Å². The van der Waals surface area contributed by atoms with Crippen LogP contribution in [-0.2, 0) is 0 Å². The van der Waals surface area contributed by atoms with Crippen molar-refractivity contribution in [1.29, 1.82) is 0 Å². The molecule has 1 rings (SSSR count). The number of aliphatic hydroxyl groups is 1. The second-order valence-corrected chi connectivity index (χ2v) is 3.81. The van der Waals surface area contributed by atoms with Crippen LogP contribution in [0.1, 0.15) is 16.5 Å². The van der Waals surface area contributed by atoms with Crippen LogP contribution in [-0.4, -0.2) is 17.6 Å². The Labute approximate surface area is 79.0 Å². The monoisotopic (exact) mass is 207 g/mol. The van der Waals surface area contributed by atoms with Gasteiger partial charge in [0.2, 0.25) is 0 Å². The van der Waals surface area contributed by atoms with E-state index in [0.717, 1.165) is 5.56 Å². The van der Waals surface area contributed by atoms with E-state index in [1.54, 1.807) is 18.4 Å². The summed E-state index contributed by atoms with van der Waals surface area (Å²) in [5, 5.41) is 10.1. The molecule has 1 heterocycles. The Bertz CT molecular complexity index is 287. The van der Waals surface area contributed by atoms with Gasteiger partial charge in [0.1, 0.15) is 12.6 Å². The molecule has 1 aromatic rings. The summed E-state index contributed by atoms with van der Waals surface area (Å²) in [7, 11) is 0. The molecule has 0 radical (unpaired) electrons. The Morgan fingerprint density at radius 3 is 2.69 bits per heavy atom. The summed E-state index contributed by atoms with van der Waals surface area (Å²) in [5.41, 5.74) is 6.07. The topological polar surface area (TPSA) is 46.2 Å². The van der Waals surface area contributed by atoms with Crippen LogP contribution in [0.5, 0.6) is 0 Å². The quantitative estimate of drug-likeness (QED) is 0.792. The van der Waals surface area contributed by atoms with Gasteiger partial charge >= 0.3 is 0 Å². The zero-order valence-corrected chi connectivity index (χ0v) is 7.94. The van der Waals surface area contributed by atoms with Gasteiger partial charge in [-0.3, -0.25) is 0 Å². The van der Waals surface area contributed by atoms with Gasteiger partial charge in [0.15, 0.2) is 0 Å². The standard InChI is InChI=1S/C8H11F2NOS/c1-5-2-3-13-6(5)7(11)8(9,10)4-12/h2-3,7,12H,4,11H2,1H3/t7-/m0/s1. The molecule has 0 saturated heterocycles. The van der Waals surface area contributed by atoms with Gasteiger partial charge in [-0.2, -0.15) is 0 Å². The van der Waals surface area contributed by atoms with Gasteiger partial charge < -0.3 is 10.8 Å². The van der Waals surface area contributed by atoms with Crippen molar-refractivity contribution in [3.05, 3.63) is 21.9 Å². The maximum absolute atomic E-state index is 12.9. The molecule has 0 bridgehead atoms. The highest BCUT2D eigenvalue weighted by atomic mass is 32.1. The van der Waals surface area contributed by atoms with E-state index in [2.05, 4.69) is 0 Å². The maximum atomic E-state index is 12.9. The fraction of sp³-hybridized carbons (Fsp3) is 0.500. The largest absolute Gasteiger partial charge is 0.390 e. The minimum atomic E-state index is -3.24. The molecule has 0 aliphatic heterocycles. The molecule has 0 spiro atoms. The van der Waals surface area contributed by atoms with Gasteiger partial charge in [-0.05, 0) is 23.9 Å². The summed E-state index contributed by atoms with van der Waals surface area (Å²) < 4.78 is 25.8. The van der Waals surface area contributed by atoms with Crippen molar-refractivity contribution in [3.63, 3.8) is 0 Å². The van der Waals surface area contributed by atoms with Gasteiger partial charge in [-0.15, -0.1) is 11.3 Å². The van der Waals surface area contributed by atoms with E-state index in [9.17, 15) is 8.78 Å². The molecule has 13 heavy (non-hydrogen) atoms. The van der Waals surface area contributed by atoms with E-state index in [1.165, 1.54) is 11.3 Å². The molecule has 5 heteroatoms. The average Bonchev–Trinajstić information content (AvgIpc) is 2.50. The molecule has 0 saturated carbocycles. The molecule has 0 aliphatic rings. The number of hydrogen-bond acceptors (Lipinski definition) is 3. The molecular formula is C8H11F2NOS. The van der Waals surface area contributed by atoms with E-state index < -0.39 is 18.6 Å². The maximum Gasteiger partial charge on any atom is 0.290 e. The smallest absolute Gasteiger partial charge is 0.290 e. The molecule has 2 nitrogen and oxygen atoms in total. The van der Waals surface area contributed by atoms with Crippen molar-refractivity contribution >= 4 is 11.3 Å². The fourth-order valence-electron chi connectivity index (χ4n) is 0.993. The SMILES string of the molecule is Cc1ccsc1[C@H](N)C(F)(F)CO. The van der Waals surface area contributed by atoms with E-state index in [1.807, 2.05) is 0 Å². The highest BCUT2D eigenvalue weighted by Crippen LogP contribution is 2.33. The van der Waals surface area contributed by atoms with E-state index >= 15 is 0 Å². The first-order valence-corrected chi connectivity index (χ1v) is 4.65. The highest BCUT2D eigenvalue weighted by molar-refractivity contribution is 7.10. The van der Waals surface area contributed by atoms with Crippen LogP contribution in [0.3, 0.4) is 0 Å². The molecule has 0 unspecified atom stereocenters. The average molecular weight is 207 g/mol. The Hall–Kier alpha value is -0.520. The van der Waals surface area contributed by atoms with Crippen LogP contribution in [0.15, 0.2) is 11.4 Å². The number of halogens is 2. The summed E-state index contributed by atoms with van der Waals surface area (Å²) in [5.74, 6) is -3.24. The molecule has 0 aliphatic carbocycles. The molecule has 1 aromatic heterocycles.